The van der Waals surface area contributed by atoms with Gasteiger partial charge in [-0.25, -0.2) is 9.97 Å². The molecule has 0 radical (unpaired) electrons. The fraction of sp³-hybridized carbons (Fsp3) is 0.692. The van der Waals surface area contributed by atoms with Gasteiger partial charge in [0.15, 0.2) is 0 Å². The van der Waals surface area contributed by atoms with Crippen molar-refractivity contribution >= 4 is 5.95 Å². The summed E-state index contributed by atoms with van der Waals surface area (Å²) in [6, 6.07) is 0. The van der Waals surface area contributed by atoms with Crippen molar-refractivity contribution in [2.75, 3.05) is 31.1 Å². The SMILES string of the molecule is CC1(C)CCc2cnc(N3CCNCC3)nc21. The van der Waals surface area contributed by atoms with E-state index in [4.69, 9.17) is 4.98 Å². The van der Waals surface area contributed by atoms with Gasteiger partial charge >= 0.3 is 0 Å². The van der Waals surface area contributed by atoms with Gasteiger partial charge in [-0.2, -0.15) is 0 Å². The number of nitrogens with zero attached hydrogens (tertiary/aromatic N) is 3. The highest BCUT2D eigenvalue weighted by Crippen LogP contribution is 2.37. The van der Waals surface area contributed by atoms with E-state index >= 15 is 0 Å². The number of aromatic nitrogens is 2. The minimum atomic E-state index is 0.223. The number of hydrogen-bond acceptors (Lipinski definition) is 4. The Hall–Kier alpha value is -1.16. The number of piperazine rings is 1. The van der Waals surface area contributed by atoms with E-state index in [0.29, 0.717) is 0 Å². The molecule has 2 aliphatic rings. The molecule has 0 spiro atoms. The Labute approximate surface area is 102 Å². The van der Waals surface area contributed by atoms with E-state index in [9.17, 15) is 0 Å². The van der Waals surface area contributed by atoms with Gasteiger partial charge in [0.1, 0.15) is 0 Å². The van der Waals surface area contributed by atoms with Crippen LogP contribution in [0.2, 0.25) is 0 Å². The molecule has 0 atom stereocenters. The monoisotopic (exact) mass is 232 g/mol. The summed E-state index contributed by atoms with van der Waals surface area (Å²) < 4.78 is 0. The van der Waals surface area contributed by atoms with Crippen molar-refractivity contribution < 1.29 is 0 Å². The lowest BCUT2D eigenvalue weighted by Crippen LogP contribution is -2.44. The summed E-state index contributed by atoms with van der Waals surface area (Å²) in [6.07, 6.45) is 4.36. The van der Waals surface area contributed by atoms with Gasteiger partial charge < -0.3 is 10.2 Å². The first-order valence-electron chi connectivity index (χ1n) is 6.49. The lowest BCUT2D eigenvalue weighted by molar-refractivity contribution is 0.507. The molecule has 17 heavy (non-hydrogen) atoms. The molecule has 1 saturated heterocycles. The maximum atomic E-state index is 4.82. The van der Waals surface area contributed by atoms with Crippen LogP contribution in [0.15, 0.2) is 6.20 Å². The first-order chi connectivity index (χ1) is 8.17. The van der Waals surface area contributed by atoms with Crippen LogP contribution in [0.4, 0.5) is 5.95 Å². The molecule has 0 amide bonds. The molecule has 0 unspecified atom stereocenters. The summed E-state index contributed by atoms with van der Waals surface area (Å²) in [4.78, 5) is 11.6. The molecular weight excluding hydrogens is 212 g/mol. The molecule has 92 valence electrons. The van der Waals surface area contributed by atoms with Crippen LogP contribution in [0.25, 0.3) is 0 Å². The van der Waals surface area contributed by atoms with Crippen molar-refractivity contribution in [3.05, 3.63) is 17.5 Å². The van der Waals surface area contributed by atoms with Crippen LogP contribution >= 0.6 is 0 Å². The zero-order valence-electron chi connectivity index (χ0n) is 10.7. The fourth-order valence-electron chi connectivity index (χ4n) is 2.75. The number of nitrogens with one attached hydrogen (secondary N) is 1. The van der Waals surface area contributed by atoms with E-state index in [2.05, 4.69) is 29.0 Å². The Morgan fingerprint density at radius 1 is 1.29 bits per heavy atom. The molecular formula is C13H20N4. The number of anilines is 1. The van der Waals surface area contributed by atoms with Gasteiger partial charge in [-0.15, -0.1) is 0 Å². The van der Waals surface area contributed by atoms with Crippen LogP contribution in [0.1, 0.15) is 31.5 Å². The third-order valence-corrected chi connectivity index (χ3v) is 3.91. The molecule has 0 bridgehead atoms. The average molecular weight is 232 g/mol. The summed E-state index contributed by atoms with van der Waals surface area (Å²) in [5, 5.41) is 3.36. The zero-order valence-corrected chi connectivity index (χ0v) is 10.7. The second-order valence-electron chi connectivity index (χ2n) is 5.66. The van der Waals surface area contributed by atoms with E-state index < -0.39 is 0 Å². The largest absolute Gasteiger partial charge is 0.338 e. The highest BCUT2D eigenvalue weighted by molar-refractivity contribution is 5.39. The quantitative estimate of drug-likeness (QED) is 0.787. The maximum Gasteiger partial charge on any atom is 0.225 e. The second-order valence-corrected chi connectivity index (χ2v) is 5.66. The van der Waals surface area contributed by atoms with Gasteiger partial charge in [0.25, 0.3) is 0 Å². The molecule has 1 fully saturated rings. The van der Waals surface area contributed by atoms with E-state index in [1.54, 1.807) is 0 Å². The molecule has 1 aromatic rings. The Kier molecular flexibility index (Phi) is 2.54. The van der Waals surface area contributed by atoms with E-state index in [1.807, 2.05) is 6.20 Å². The smallest absolute Gasteiger partial charge is 0.225 e. The van der Waals surface area contributed by atoms with Crippen LogP contribution in [0.3, 0.4) is 0 Å². The number of aryl methyl sites for hydroxylation is 1. The first kappa shape index (κ1) is 11.0. The van der Waals surface area contributed by atoms with Crippen LogP contribution in [0, 0.1) is 0 Å². The molecule has 1 aliphatic carbocycles. The average Bonchev–Trinajstić information content (AvgIpc) is 2.66. The molecule has 0 saturated carbocycles. The summed E-state index contributed by atoms with van der Waals surface area (Å²) in [5.74, 6) is 0.917. The van der Waals surface area contributed by atoms with Gasteiger partial charge in [-0.1, -0.05) is 13.8 Å². The first-order valence-corrected chi connectivity index (χ1v) is 6.49. The molecule has 1 aliphatic heterocycles. The lowest BCUT2D eigenvalue weighted by Gasteiger charge is -2.28. The van der Waals surface area contributed by atoms with Gasteiger partial charge in [0.2, 0.25) is 5.95 Å². The van der Waals surface area contributed by atoms with Crippen LogP contribution in [0.5, 0.6) is 0 Å². The van der Waals surface area contributed by atoms with Crippen LogP contribution < -0.4 is 10.2 Å². The Balaban J connectivity index is 1.92. The third-order valence-electron chi connectivity index (χ3n) is 3.91. The normalized spacial score (nSPS) is 22.6. The van der Waals surface area contributed by atoms with Gasteiger partial charge in [-0.3, -0.25) is 0 Å². The van der Waals surface area contributed by atoms with Crippen LogP contribution in [-0.4, -0.2) is 36.1 Å². The molecule has 1 N–H and O–H groups in total. The standard InChI is InChI=1S/C13H20N4/c1-13(2)4-3-10-9-15-12(16-11(10)13)17-7-5-14-6-8-17/h9,14H,3-8H2,1-2H3. The fourth-order valence-corrected chi connectivity index (χ4v) is 2.75. The highest BCUT2D eigenvalue weighted by Gasteiger charge is 2.32. The van der Waals surface area contributed by atoms with E-state index in [-0.39, 0.29) is 5.41 Å². The van der Waals surface area contributed by atoms with Gasteiger partial charge in [0, 0.05) is 37.8 Å². The van der Waals surface area contributed by atoms with Crippen molar-refractivity contribution in [1.82, 2.24) is 15.3 Å². The summed E-state index contributed by atoms with van der Waals surface area (Å²) in [6.45, 7) is 8.66. The van der Waals surface area contributed by atoms with Crippen molar-refractivity contribution in [2.24, 2.45) is 0 Å². The Morgan fingerprint density at radius 2 is 2.06 bits per heavy atom. The lowest BCUT2D eigenvalue weighted by atomic mass is 9.91. The topological polar surface area (TPSA) is 41.1 Å². The van der Waals surface area contributed by atoms with Crippen molar-refractivity contribution in [1.29, 1.82) is 0 Å². The molecule has 3 rings (SSSR count). The van der Waals surface area contributed by atoms with Crippen molar-refractivity contribution in [3.8, 4) is 0 Å². The number of rotatable bonds is 1. The minimum Gasteiger partial charge on any atom is -0.338 e. The molecule has 4 heteroatoms. The highest BCUT2D eigenvalue weighted by atomic mass is 15.3. The van der Waals surface area contributed by atoms with Crippen molar-refractivity contribution in [3.63, 3.8) is 0 Å². The van der Waals surface area contributed by atoms with Crippen LogP contribution in [-0.2, 0) is 11.8 Å². The minimum absolute atomic E-state index is 0.223. The van der Waals surface area contributed by atoms with Gasteiger partial charge in [-0.05, 0) is 18.4 Å². The van der Waals surface area contributed by atoms with Crippen molar-refractivity contribution in [2.45, 2.75) is 32.1 Å². The summed E-state index contributed by atoms with van der Waals surface area (Å²) in [7, 11) is 0. The Bertz CT molecular complexity index is 421. The van der Waals surface area contributed by atoms with E-state index in [1.165, 1.54) is 17.7 Å². The van der Waals surface area contributed by atoms with E-state index in [0.717, 1.165) is 38.5 Å². The molecule has 0 aromatic carbocycles. The number of hydrogen-bond donors (Lipinski definition) is 1. The summed E-state index contributed by atoms with van der Waals surface area (Å²) in [5.41, 5.74) is 2.83. The molecule has 2 heterocycles. The molecule has 1 aromatic heterocycles. The predicted molar refractivity (Wildman–Crippen MR) is 68.5 cm³/mol. The summed E-state index contributed by atoms with van der Waals surface area (Å²) >= 11 is 0. The second kappa shape index (κ2) is 3.95. The molecule has 4 nitrogen and oxygen atoms in total. The zero-order chi connectivity index (χ0) is 11.9. The third kappa shape index (κ3) is 1.90. The Morgan fingerprint density at radius 3 is 2.82 bits per heavy atom. The maximum absolute atomic E-state index is 4.82. The number of fused-ring (bicyclic) bond motifs is 1. The predicted octanol–water partition coefficient (Wildman–Crippen LogP) is 1.11. The van der Waals surface area contributed by atoms with Gasteiger partial charge in [0.05, 0.1) is 5.69 Å².